The molecule has 172 valence electrons. The maximum absolute atomic E-state index is 9.34. The summed E-state index contributed by atoms with van der Waals surface area (Å²) in [5.41, 5.74) is 4.62. The summed E-state index contributed by atoms with van der Waals surface area (Å²) < 4.78 is 1.51. The summed E-state index contributed by atoms with van der Waals surface area (Å²) in [6.45, 7) is 14.2. The fourth-order valence-electron chi connectivity index (χ4n) is 4.44. The average molecular weight is 459 g/mol. The van der Waals surface area contributed by atoms with Gasteiger partial charge in [-0.05, 0) is 30.2 Å². The second-order valence-electron chi connectivity index (χ2n) is 10.2. The molecule has 1 aliphatic heterocycles. The summed E-state index contributed by atoms with van der Waals surface area (Å²) in [5, 5.41) is 18.7. The maximum Gasteiger partial charge on any atom is 0.165 e. The zero-order chi connectivity index (χ0) is 24.2. The van der Waals surface area contributed by atoms with Gasteiger partial charge in [0.05, 0.1) is 10.2 Å². The minimum atomic E-state index is -0.191. The van der Waals surface area contributed by atoms with E-state index in [-0.39, 0.29) is 16.4 Å². The highest BCUT2D eigenvalue weighted by molar-refractivity contribution is 7.07. The van der Waals surface area contributed by atoms with Crippen molar-refractivity contribution in [3.05, 3.63) is 56.5 Å². The molecule has 5 heteroatoms. The number of anilines is 1. The van der Waals surface area contributed by atoms with Gasteiger partial charge in [0.1, 0.15) is 16.8 Å². The number of thiazole rings is 1. The average Bonchev–Trinajstić information content (AvgIpc) is 3.28. The molecule has 0 radical (unpaired) electrons. The van der Waals surface area contributed by atoms with E-state index >= 15 is 0 Å². The van der Waals surface area contributed by atoms with Gasteiger partial charge in [0.2, 0.25) is 0 Å². The summed E-state index contributed by atoms with van der Waals surface area (Å²) in [6.07, 6.45) is 9.25. The second kappa shape index (κ2) is 9.94. The fraction of sp³-hybridized carbons (Fsp3) is 0.464. The lowest BCUT2D eigenvalue weighted by atomic mass is 9.83. The third kappa shape index (κ3) is 5.05. The summed E-state index contributed by atoms with van der Waals surface area (Å²) in [7, 11) is 0. The Morgan fingerprint density at radius 2 is 1.79 bits per heavy atom. The van der Waals surface area contributed by atoms with Crippen molar-refractivity contribution < 1.29 is 0 Å². The van der Waals surface area contributed by atoms with Crippen LogP contribution in [0.5, 0.6) is 0 Å². The molecule has 0 bridgehead atoms. The van der Waals surface area contributed by atoms with Gasteiger partial charge in [0.25, 0.3) is 0 Å². The smallest absolute Gasteiger partial charge is 0.165 e. The molecule has 33 heavy (non-hydrogen) atoms. The van der Waals surface area contributed by atoms with Crippen molar-refractivity contribution in [2.75, 3.05) is 11.4 Å². The Bertz CT molecular complexity index is 1230. The highest BCUT2D eigenvalue weighted by atomic mass is 32.1. The number of fused-ring (bicyclic) bond motifs is 1. The summed E-state index contributed by atoms with van der Waals surface area (Å²) in [4.78, 5) is 7.17. The van der Waals surface area contributed by atoms with Crippen LogP contribution in [0.1, 0.15) is 78.5 Å². The number of unbranched alkanes of at least 4 members (excludes halogenated alkanes) is 3. The van der Waals surface area contributed by atoms with E-state index in [1.165, 1.54) is 47.5 Å². The van der Waals surface area contributed by atoms with E-state index in [1.54, 1.807) is 0 Å². The molecule has 1 aromatic carbocycles. The third-order valence-corrected chi connectivity index (χ3v) is 7.27. The lowest BCUT2D eigenvalue weighted by Gasteiger charge is -2.27. The van der Waals surface area contributed by atoms with Crippen LogP contribution in [-0.4, -0.2) is 11.5 Å². The molecule has 0 saturated heterocycles. The molecular weight excluding hydrogens is 424 g/mol. The molecule has 0 unspecified atom stereocenters. The Balaban J connectivity index is 2.15. The van der Waals surface area contributed by atoms with Crippen molar-refractivity contribution >= 4 is 28.7 Å². The van der Waals surface area contributed by atoms with Gasteiger partial charge in [-0.1, -0.05) is 79.0 Å². The van der Waals surface area contributed by atoms with Gasteiger partial charge >= 0.3 is 0 Å². The van der Waals surface area contributed by atoms with Gasteiger partial charge < -0.3 is 4.90 Å². The number of benzene rings is 1. The van der Waals surface area contributed by atoms with Gasteiger partial charge in [-0.15, -0.1) is 11.3 Å². The summed E-state index contributed by atoms with van der Waals surface area (Å²) in [6, 6.07) is 12.7. The van der Waals surface area contributed by atoms with Crippen LogP contribution < -0.4 is 14.1 Å². The SMILES string of the molecule is CCCCCCN1/C(=C\C=c2\sc(=C(C#N)C#N)nc2C(C)(C)C)C(C)(C)c2ccccc21. The molecule has 1 aliphatic rings. The topological polar surface area (TPSA) is 63.7 Å². The van der Waals surface area contributed by atoms with E-state index in [0.29, 0.717) is 4.66 Å². The van der Waals surface area contributed by atoms with E-state index < -0.39 is 0 Å². The van der Waals surface area contributed by atoms with E-state index in [9.17, 15) is 10.5 Å². The number of allylic oxidation sites excluding steroid dienone is 2. The summed E-state index contributed by atoms with van der Waals surface area (Å²) >= 11 is 1.42. The van der Waals surface area contributed by atoms with E-state index in [0.717, 1.165) is 23.2 Å². The van der Waals surface area contributed by atoms with Gasteiger partial charge in [0.15, 0.2) is 5.57 Å². The molecule has 4 nitrogen and oxygen atoms in total. The second-order valence-corrected chi connectivity index (χ2v) is 11.2. The van der Waals surface area contributed by atoms with Gasteiger partial charge in [-0.3, -0.25) is 0 Å². The largest absolute Gasteiger partial charge is 0.344 e. The Labute approximate surface area is 202 Å². The monoisotopic (exact) mass is 458 g/mol. The molecule has 0 fully saturated rings. The van der Waals surface area contributed by atoms with Gasteiger partial charge in [0, 0.05) is 28.8 Å². The number of hydrogen-bond acceptors (Lipinski definition) is 5. The third-order valence-electron chi connectivity index (χ3n) is 6.23. The van der Waals surface area contributed by atoms with Crippen LogP contribution in [0, 0.1) is 22.7 Å². The highest BCUT2D eigenvalue weighted by Gasteiger charge is 2.39. The standard InChI is InChI=1S/C28H34N4S/c1-7-8-9-12-17-32-22-14-11-10-13-21(22)28(5,6)24(32)16-15-23-25(27(2,3)4)31-26(33-23)20(18-29)19-30/h10-11,13-16H,7-9,12,17H2,1-6H3/b23-15+,24-16-. The molecular formula is C28H34N4S. The van der Waals surface area contributed by atoms with E-state index in [4.69, 9.17) is 4.98 Å². The van der Waals surface area contributed by atoms with Crippen molar-refractivity contribution in [1.29, 1.82) is 10.5 Å². The zero-order valence-electron chi connectivity index (χ0n) is 20.7. The first-order valence-corrected chi connectivity index (χ1v) is 12.6. The Morgan fingerprint density at radius 1 is 1.09 bits per heavy atom. The molecule has 0 amide bonds. The normalized spacial score (nSPS) is 16.5. The van der Waals surface area contributed by atoms with Crippen LogP contribution in [0.4, 0.5) is 5.69 Å². The molecule has 0 spiro atoms. The minimum Gasteiger partial charge on any atom is -0.344 e. The molecule has 0 atom stereocenters. The van der Waals surface area contributed by atoms with Crippen molar-refractivity contribution in [2.45, 2.75) is 78.1 Å². The Hall–Kier alpha value is -2.89. The number of hydrogen-bond donors (Lipinski definition) is 0. The zero-order valence-corrected chi connectivity index (χ0v) is 21.5. The van der Waals surface area contributed by atoms with Crippen molar-refractivity contribution in [3.8, 4) is 12.1 Å². The maximum atomic E-state index is 9.34. The van der Waals surface area contributed by atoms with Crippen LogP contribution in [-0.2, 0) is 10.8 Å². The lowest BCUT2D eigenvalue weighted by Crippen LogP contribution is -2.27. The molecule has 2 heterocycles. The Kier molecular flexibility index (Phi) is 7.45. The van der Waals surface area contributed by atoms with Crippen molar-refractivity contribution in [2.24, 2.45) is 0 Å². The van der Waals surface area contributed by atoms with Crippen molar-refractivity contribution in [1.82, 2.24) is 4.98 Å². The Morgan fingerprint density at radius 3 is 2.42 bits per heavy atom. The highest BCUT2D eigenvalue weighted by Crippen LogP contribution is 2.47. The predicted molar refractivity (Wildman–Crippen MR) is 138 cm³/mol. The van der Waals surface area contributed by atoms with Crippen LogP contribution in [0.2, 0.25) is 0 Å². The number of para-hydroxylation sites is 1. The molecule has 0 aliphatic carbocycles. The van der Waals surface area contributed by atoms with Gasteiger partial charge in [-0.2, -0.15) is 10.5 Å². The fourth-order valence-corrected chi connectivity index (χ4v) is 5.57. The van der Waals surface area contributed by atoms with E-state index in [2.05, 4.69) is 82.9 Å². The van der Waals surface area contributed by atoms with Crippen LogP contribution in [0.25, 0.3) is 11.6 Å². The molecule has 3 rings (SSSR count). The number of aromatic nitrogens is 1. The first-order chi connectivity index (χ1) is 15.6. The number of nitrogens with zero attached hydrogens (tertiary/aromatic N) is 4. The molecule has 0 N–H and O–H groups in total. The predicted octanol–water partition coefficient (Wildman–Crippen LogP) is 5.68. The van der Waals surface area contributed by atoms with E-state index in [1.807, 2.05) is 12.1 Å². The minimum absolute atomic E-state index is 0.0731. The van der Waals surface area contributed by atoms with Crippen molar-refractivity contribution in [3.63, 3.8) is 0 Å². The first kappa shape index (κ1) is 24.7. The lowest BCUT2D eigenvalue weighted by molar-refractivity contribution is 0.568. The summed E-state index contributed by atoms with van der Waals surface area (Å²) in [5.74, 6) is 0. The van der Waals surface area contributed by atoms with Crippen LogP contribution in [0.15, 0.2) is 36.0 Å². The number of rotatable bonds is 6. The molecule has 0 saturated carbocycles. The number of nitriles is 2. The van der Waals surface area contributed by atoms with Crippen LogP contribution in [0.3, 0.4) is 0 Å². The first-order valence-electron chi connectivity index (χ1n) is 11.8. The molecule has 2 aromatic rings. The van der Waals surface area contributed by atoms with Gasteiger partial charge in [-0.25, -0.2) is 4.98 Å². The molecule has 1 aromatic heterocycles. The van der Waals surface area contributed by atoms with Crippen LogP contribution >= 0.6 is 11.3 Å². The quantitative estimate of drug-likeness (QED) is 0.522.